The highest BCUT2D eigenvalue weighted by Crippen LogP contribution is 2.38. The molecule has 0 heterocycles. The summed E-state index contributed by atoms with van der Waals surface area (Å²) < 4.78 is 5.50. The summed E-state index contributed by atoms with van der Waals surface area (Å²) >= 11 is 0. The number of amides is 1. The maximum Gasteiger partial charge on any atom is 0.223 e. The van der Waals surface area contributed by atoms with Crippen LogP contribution in [-0.4, -0.2) is 35.2 Å². The average Bonchev–Trinajstić information content (AvgIpc) is 2.44. The number of hydrogen-bond acceptors (Lipinski definition) is 4. The van der Waals surface area contributed by atoms with E-state index < -0.39 is 5.54 Å². The summed E-state index contributed by atoms with van der Waals surface area (Å²) in [6.45, 7) is 2.19. The van der Waals surface area contributed by atoms with Gasteiger partial charge in [-0.25, -0.2) is 0 Å². The minimum atomic E-state index is -0.697. The molecule has 21 heavy (non-hydrogen) atoms. The smallest absolute Gasteiger partial charge is 0.223 e. The van der Waals surface area contributed by atoms with Gasteiger partial charge in [0.25, 0.3) is 0 Å². The van der Waals surface area contributed by atoms with Crippen molar-refractivity contribution in [2.45, 2.75) is 69.4 Å². The van der Waals surface area contributed by atoms with Crippen molar-refractivity contribution in [1.29, 1.82) is 0 Å². The highest BCUT2D eigenvalue weighted by molar-refractivity contribution is 5.94. The van der Waals surface area contributed by atoms with Crippen molar-refractivity contribution < 1.29 is 14.7 Å². The summed E-state index contributed by atoms with van der Waals surface area (Å²) in [7, 11) is 1.66. The Kier molecular flexibility index (Phi) is 4.76. The third-order valence-corrected chi connectivity index (χ3v) is 5.29. The molecule has 0 unspecified atom stereocenters. The summed E-state index contributed by atoms with van der Waals surface area (Å²) in [5.74, 6) is 0.652. The maximum atomic E-state index is 12.4. The predicted molar refractivity (Wildman–Crippen MR) is 80.1 cm³/mol. The van der Waals surface area contributed by atoms with Crippen LogP contribution in [-0.2, 0) is 9.53 Å². The quantitative estimate of drug-likeness (QED) is 0.312. The molecule has 6 nitrogen and oxygen atoms in total. The summed E-state index contributed by atoms with van der Waals surface area (Å²) in [5.41, 5.74) is 4.87. The molecular formula is C15H27N3O3. The van der Waals surface area contributed by atoms with Gasteiger partial charge in [-0.05, 0) is 50.9 Å². The molecule has 2 rings (SSSR count). The number of amidine groups is 1. The van der Waals surface area contributed by atoms with Crippen LogP contribution in [0.2, 0.25) is 0 Å². The van der Waals surface area contributed by atoms with Crippen molar-refractivity contribution in [2.24, 2.45) is 16.8 Å². The van der Waals surface area contributed by atoms with E-state index in [2.05, 4.69) is 17.4 Å². The van der Waals surface area contributed by atoms with Gasteiger partial charge in [0.1, 0.15) is 5.54 Å². The number of nitrogens with two attached hydrogens (primary N) is 1. The van der Waals surface area contributed by atoms with E-state index in [1.54, 1.807) is 7.11 Å². The van der Waals surface area contributed by atoms with Gasteiger partial charge < -0.3 is 21.0 Å². The number of methoxy groups -OCH3 is 1. The molecule has 0 aliphatic heterocycles. The molecule has 0 saturated heterocycles. The number of ether oxygens (including phenoxy) is 1. The SMILES string of the molecule is COC1(CC(=O)NC2(C(N)=NO)CCC(C)CC2)CCC1. The van der Waals surface area contributed by atoms with Crippen molar-refractivity contribution in [3.63, 3.8) is 0 Å². The molecule has 0 aromatic rings. The fraction of sp³-hybridized carbons (Fsp3) is 0.867. The molecular weight excluding hydrogens is 270 g/mol. The second-order valence-corrected chi connectivity index (χ2v) is 6.72. The van der Waals surface area contributed by atoms with Crippen molar-refractivity contribution in [2.75, 3.05) is 7.11 Å². The summed E-state index contributed by atoms with van der Waals surface area (Å²) in [5, 5.41) is 15.2. The molecule has 2 fully saturated rings. The lowest BCUT2D eigenvalue weighted by molar-refractivity contribution is -0.135. The Morgan fingerprint density at radius 2 is 2.00 bits per heavy atom. The lowest BCUT2D eigenvalue weighted by Crippen LogP contribution is -2.60. The van der Waals surface area contributed by atoms with Gasteiger partial charge in [-0.1, -0.05) is 12.1 Å². The molecule has 2 aliphatic rings. The van der Waals surface area contributed by atoms with E-state index in [0.717, 1.165) is 44.9 Å². The van der Waals surface area contributed by atoms with Gasteiger partial charge in [0, 0.05) is 7.11 Å². The number of hydrogen-bond donors (Lipinski definition) is 3. The number of oxime groups is 1. The van der Waals surface area contributed by atoms with Crippen LogP contribution in [0, 0.1) is 5.92 Å². The van der Waals surface area contributed by atoms with Crippen LogP contribution >= 0.6 is 0 Å². The molecule has 0 atom stereocenters. The van der Waals surface area contributed by atoms with Gasteiger partial charge in [0.05, 0.1) is 12.0 Å². The number of carbonyl (C=O) groups excluding carboxylic acids is 1. The van der Waals surface area contributed by atoms with E-state index in [1.165, 1.54) is 0 Å². The Balaban J connectivity index is 2.03. The minimum absolute atomic E-state index is 0.0716. The van der Waals surface area contributed by atoms with E-state index in [9.17, 15) is 4.79 Å². The molecule has 1 amide bonds. The first-order valence-electron chi connectivity index (χ1n) is 7.79. The molecule has 4 N–H and O–H groups in total. The van der Waals surface area contributed by atoms with E-state index in [4.69, 9.17) is 15.7 Å². The molecule has 2 saturated carbocycles. The third kappa shape index (κ3) is 3.31. The Hall–Kier alpha value is -1.30. The van der Waals surface area contributed by atoms with Gasteiger partial charge in [-0.15, -0.1) is 0 Å². The zero-order valence-corrected chi connectivity index (χ0v) is 13.0. The molecule has 0 radical (unpaired) electrons. The fourth-order valence-corrected chi connectivity index (χ4v) is 3.42. The first-order valence-corrected chi connectivity index (χ1v) is 7.79. The van der Waals surface area contributed by atoms with Crippen LogP contribution in [0.1, 0.15) is 58.3 Å². The highest BCUT2D eigenvalue weighted by atomic mass is 16.5. The van der Waals surface area contributed by atoms with Gasteiger partial charge in [0.15, 0.2) is 5.84 Å². The Bertz CT molecular complexity index is 405. The second kappa shape index (κ2) is 6.22. The van der Waals surface area contributed by atoms with Crippen LogP contribution in [0.3, 0.4) is 0 Å². The molecule has 0 aromatic heterocycles. The Morgan fingerprint density at radius 3 is 2.43 bits per heavy atom. The van der Waals surface area contributed by atoms with Crippen LogP contribution in [0.4, 0.5) is 0 Å². The zero-order valence-electron chi connectivity index (χ0n) is 13.0. The normalized spacial score (nSPS) is 32.3. The lowest BCUT2D eigenvalue weighted by atomic mass is 9.75. The predicted octanol–water partition coefficient (Wildman–Crippen LogP) is 1.76. The van der Waals surface area contributed by atoms with Crippen LogP contribution in [0.25, 0.3) is 0 Å². The minimum Gasteiger partial charge on any atom is -0.409 e. The standard InChI is InChI=1S/C15H27N3O3/c1-11-4-8-15(9-5-11,13(16)18-20)17-12(19)10-14(21-2)6-3-7-14/h11,20H,3-10H2,1-2H3,(H2,16,18)(H,17,19). The van der Waals surface area contributed by atoms with Crippen LogP contribution < -0.4 is 11.1 Å². The van der Waals surface area contributed by atoms with Gasteiger partial charge >= 0.3 is 0 Å². The molecule has 6 heteroatoms. The first kappa shape index (κ1) is 16.1. The van der Waals surface area contributed by atoms with E-state index >= 15 is 0 Å². The van der Waals surface area contributed by atoms with Gasteiger partial charge in [-0.2, -0.15) is 0 Å². The van der Waals surface area contributed by atoms with E-state index in [0.29, 0.717) is 12.3 Å². The van der Waals surface area contributed by atoms with Crippen LogP contribution in [0.5, 0.6) is 0 Å². The lowest BCUT2D eigenvalue weighted by Gasteiger charge is -2.42. The van der Waals surface area contributed by atoms with E-state index in [-0.39, 0.29) is 17.3 Å². The van der Waals surface area contributed by atoms with Crippen molar-refractivity contribution in [3.05, 3.63) is 0 Å². The summed E-state index contributed by atoms with van der Waals surface area (Å²) in [6, 6.07) is 0. The first-order chi connectivity index (χ1) is 9.95. The van der Waals surface area contributed by atoms with Crippen molar-refractivity contribution in [1.82, 2.24) is 5.32 Å². The fourth-order valence-electron chi connectivity index (χ4n) is 3.42. The number of nitrogens with one attached hydrogen (secondary N) is 1. The highest BCUT2D eigenvalue weighted by Gasteiger charge is 2.43. The average molecular weight is 297 g/mol. The molecule has 120 valence electrons. The number of nitrogens with zero attached hydrogens (tertiary/aromatic N) is 1. The Morgan fingerprint density at radius 1 is 1.38 bits per heavy atom. The van der Waals surface area contributed by atoms with Gasteiger partial charge in [-0.3, -0.25) is 4.79 Å². The van der Waals surface area contributed by atoms with Crippen LogP contribution in [0.15, 0.2) is 5.16 Å². The third-order valence-electron chi connectivity index (χ3n) is 5.29. The molecule has 0 spiro atoms. The second-order valence-electron chi connectivity index (χ2n) is 6.72. The molecule has 0 bridgehead atoms. The number of carbonyl (C=O) groups is 1. The molecule has 0 aromatic carbocycles. The summed E-state index contributed by atoms with van der Waals surface area (Å²) in [6.07, 6.45) is 6.65. The van der Waals surface area contributed by atoms with Gasteiger partial charge in [0.2, 0.25) is 5.91 Å². The summed E-state index contributed by atoms with van der Waals surface area (Å²) in [4.78, 5) is 12.4. The van der Waals surface area contributed by atoms with Crippen molar-refractivity contribution in [3.8, 4) is 0 Å². The largest absolute Gasteiger partial charge is 0.409 e. The maximum absolute atomic E-state index is 12.4. The topological polar surface area (TPSA) is 96.9 Å². The van der Waals surface area contributed by atoms with Crippen molar-refractivity contribution >= 4 is 11.7 Å². The monoisotopic (exact) mass is 297 g/mol. The van der Waals surface area contributed by atoms with E-state index in [1.807, 2.05) is 0 Å². The zero-order chi connectivity index (χ0) is 15.5. The Labute approximate surface area is 126 Å². The molecule has 2 aliphatic carbocycles. The number of rotatable bonds is 5.